The van der Waals surface area contributed by atoms with E-state index in [1.165, 1.54) is 43.1 Å². The third kappa shape index (κ3) is 2.83. The molecule has 0 bridgehead atoms. The first kappa shape index (κ1) is 20.6. The van der Waals surface area contributed by atoms with Crippen LogP contribution < -0.4 is 9.64 Å². The average molecular weight is 591 g/mol. The molecule has 1 aliphatic heterocycles. The smallest absolute Gasteiger partial charge is 0.152 e. The quantitative estimate of drug-likeness (QED) is 0.139. The molecule has 0 atom stereocenters. The van der Waals surface area contributed by atoms with Gasteiger partial charge in [0.1, 0.15) is 0 Å². The first-order valence-electron chi connectivity index (χ1n) is 11.8. The van der Waals surface area contributed by atoms with E-state index >= 15 is 0 Å². The molecule has 2 nitrogen and oxygen atoms in total. The zero-order valence-electron chi connectivity index (χ0n) is 18.9. The number of anilines is 3. The highest BCUT2D eigenvalue weighted by atomic mass is 79.9. The molecule has 0 saturated heterocycles. The van der Waals surface area contributed by atoms with Gasteiger partial charge in [0.15, 0.2) is 11.5 Å². The van der Waals surface area contributed by atoms with Crippen molar-refractivity contribution in [1.29, 1.82) is 0 Å². The first-order valence-corrected chi connectivity index (χ1v) is 13.4. The molecule has 1 heterocycles. The second-order valence-electron chi connectivity index (χ2n) is 9.27. The maximum absolute atomic E-state index is 6.36. The lowest BCUT2D eigenvalue weighted by Gasteiger charge is -2.33. The van der Waals surface area contributed by atoms with Gasteiger partial charge in [-0.3, -0.25) is 0 Å². The van der Waals surface area contributed by atoms with Gasteiger partial charge in [-0.25, -0.2) is 0 Å². The number of nitrogens with zero attached hydrogens (tertiary/aromatic N) is 1. The van der Waals surface area contributed by atoms with Gasteiger partial charge in [-0.05, 0) is 91.6 Å². The van der Waals surface area contributed by atoms with E-state index in [1.807, 2.05) is 12.1 Å². The number of halogens is 2. The van der Waals surface area contributed by atoms with E-state index in [-0.39, 0.29) is 0 Å². The summed E-state index contributed by atoms with van der Waals surface area (Å²) in [5, 5.41) is 10.3. The van der Waals surface area contributed by atoms with Gasteiger partial charge in [-0.15, -0.1) is 0 Å². The van der Waals surface area contributed by atoms with Crippen LogP contribution in [0.1, 0.15) is 0 Å². The van der Waals surface area contributed by atoms with Gasteiger partial charge >= 0.3 is 0 Å². The Labute approximate surface area is 224 Å². The molecular weight excluding hydrogens is 574 g/mol. The van der Waals surface area contributed by atoms with E-state index in [2.05, 4.69) is 128 Å². The third-order valence-electron chi connectivity index (χ3n) is 7.25. The predicted octanol–water partition coefficient (Wildman–Crippen LogP) is 10.8. The molecule has 1 aliphatic rings. The largest absolute Gasteiger partial charge is 0.453 e. The lowest BCUT2D eigenvalue weighted by Crippen LogP contribution is -2.15. The van der Waals surface area contributed by atoms with E-state index < -0.39 is 0 Å². The number of ether oxygens (including phenoxy) is 1. The Morgan fingerprint density at radius 1 is 0.500 bits per heavy atom. The monoisotopic (exact) mass is 589 g/mol. The normalized spacial score (nSPS) is 12.9. The summed E-state index contributed by atoms with van der Waals surface area (Å²) in [4.78, 5) is 2.32. The van der Waals surface area contributed by atoms with Crippen LogP contribution in [-0.4, -0.2) is 0 Å². The van der Waals surface area contributed by atoms with Gasteiger partial charge in [-0.1, -0.05) is 86.5 Å². The van der Waals surface area contributed by atoms with E-state index in [4.69, 9.17) is 4.74 Å². The Balaban J connectivity index is 1.51. The van der Waals surface area contributed by atoms with E-state index in [0.717, 1.165) is 37.5 Å². The van der Waals surface area contributed by atoms with Gasteiger partial charge in [0, 0.05) is 14.6 Å². The topological polar surface area (TPSA) is 12.5 Å². The summed E-state index contributed by atoms with van der Waals surface area (Å²) in [6.45, 7) is 0. The minimum Gasteiger partial charge on any atom is -0.453 e. The summed E-state index contributed by atoms with van der Waals surface area (Å²) >= 11 is 7.23. The Morgan fingerprint density at radius 3 is 1.64 bits per heavy atom. The molecule has 0 spiro atoms. The SMILES string of the molecule is Brc1ccc2c(c1)Oc1cc(Br)ccc1N2c1cc2cccc3c4cccc5cccc(c(c1)c23)c54. The lowest BCUT2D eigenvalue weighted by molar-refractivity contribution is 0.476. The Bertz CT molecular complexity index is 1960. The molecule has 0 radical (unpaired) electrons. The zero-order chi connectivity index (χ0) is 24.0. The molecule has 0 amide bonds. The number of hydrogen-bond acceptors (Lipinski definition) is 2. The second-order valence-corrected chi connectivity index (χ2v) is 11.1. The van der Waals surface area contributed by atoms with Crippen LogP contribution in [0, 0.1) is 0 Å². The Hall–Kier alpha value is -3.60. The van der Waals surface area contributed by atoms with Crippen molar-refractivity contribution in [2.24, 2.45) is 0 Å². The van der Waals surface area contributed by atoms with Crippen LogP contribution in [0.4, 0.5) is 17.1 Å². The number of rotatable bonds is 1. The molecule has 0 fully saturated rings. The maximum Gasteiger partial charge on any atom is 0.152 e. The molecule has 0 aromatic heterocycles. The molecule has 36 heavy (non-hydrogen) atoms. The fourth-order valence-corrected chi connectivity index (χ4v) is 6.48. The summed E-state index contributed by atoms with van der Waals surface area (Å²) in [6, 6.07) is 37.0. The molecule has 0 N–H and O–H groups in total. The molecule has 8 rings (SSSR count). The highest BCUT2D eigenvalue weighted by molar-refractivity contribution is 9.10. The maximum atomic E-state index is 6.36. The van der Waals surface area contributed by atoms with Crippen molar-refractivity contribution in [2.75, 3.05) is 4.90 Å². The van der Waals surface area contributed by atoms with Gasteiger partial charge in [0.05, 0.1) is 11.4 Å². The van der Waals surface area contributed by atoms with Gasteiger partial charge in [0.25, 0.3) is 0 Å². The van der Waals surface area contributed by atoms with Crippen molar-refractivity contribution in [1.82, 2.24) is 0 Å². The minimum atomic E-state index is 0.824. The van der Waals surface area contributed by atoms with Crippen molar-refractivity contribution < 1.29 is 4.74 Å². The van der Waals surface area contributed by atoms with E-state index in [0.29, 0.717) is 0 Å². The number of benzene rings is 7. The highest BCUT2D eigenvalue weighted by Gasteiger charge is 2.27. The summed E-state index contributed by atoms with van der Waals surface area (Å²) in [7, 11) is 0. The molecule has 0 unspecified atom stereocenters. The van der Waals surface area contributed by atoms with Crippen LogP contribution in [0.15, 0.2) is 112 Å². The van der Waals surface area contributed by atoms with Crippen LogP contribution >= 0.6 is 31.9 Å². The fourth-order valence-electron chi connectivity index (χ4n) is 5.80. The second kappa shape index (κ2) is 7.45. The standard InChI is InChI=1S/C32H17Br2NO/c33-20-10-12-27-29(15-20)36-30-16-21(34)11-13-28(30)35(27)22-14-19-6-3-8-24-23-7-1-4-18-5-2-9-25(31(18)23)26(17-22)32(19)24/h1-17H. The average Bonchev–Trinajstić information content (AvgIpc) is 2.89. The van der Waals surface area contributed by atoms with Crippen molar-refractivity contribution >= 4 is 92.0 Å². The van der Waals surface area contributed by atoms with Gasteiger partial charge < -0.3 is 9.64 Å². The number of hydrogen-bond donors (Lipinski definition) is 0. The van der Waals surface area contributed by atoms with Crippen LogP contribution in [-0.2, 0) is 0 Å². The molecular formula is C32H17Br2NO. The van der Waals surface area contributed by atoms with E-state index in [1.54, 1.807) is 0 Å². The van der Waals surface area contributed by atoms with Gasteiger partial charge in [-0.2, -0.15) is 0 Å². The van der Waals surface area contributed by atoms with Crippen molar-refractivity contribution in [3.63, 3.8) is 0 Å². The summed E-state index contributed by atoms with van der Waals surface area (Å²) in [5.74, 6) is 1.65. The Morgan fingerprint density at radius 2 is 1.03 bits per heavy atom. The van der Waals surface area contributed by atoms with Crippen LogP contribution in [0.3, 0.4) is 0 Å². The third-order valence-corrected chi connectivity index (χ3v) is 8.24. The molecule has 170 valence electrons. The molecule has 4 heteroatoms. The van der Waals surface area contributed by atoms with E-state index in [9.17, 15) is 0 Å². The zero-order valence-corrected chi connectivity index (χ0v) is 22.1. The van der Waals surface area contributed by atoms with Crippen molar-refractivity contribution in [2.45, 2.75) is 0 Å². The van der Waals surface area contributed by atoms with Crippen LogP contribution in [0.5, 0.6) is 11.5 Å². The number of fused-ring (bicyclic) bond motifs is 4. The summed E-state index contributed by atoms with van der Waals surface area (Å²) < 4.78 is 8.33. The summed E-state index contributed by atoms with van der Waals surface area (Å²) in [5.41, 5.74) is 3.15. The first-order chi connectivity index (χ1) is 17.7. The Kier molecular flexibility index (Phi) is 4.26. The summed E-state index contributed by atoms with van der Waals surface area (Å²) in [6.07, 6.45) is 0. The molecule has 7 aromatic rings. The molecule has 7 aromatic carbocycles. The van der Waals surface area contributed by atoms with Crippen molar-refractivity contribution in [3.8, 4) is 11.5 Å². The van der Waals surface area contributed by atoms with Crippen LogP contribution in [0.2, 0.25) is 0 Å². The van der Waals surface area contributed by atoms with Crippen molar-refractivity contribution in [3.05, 3.63) is 112 Å². The fraction of sp³-hybridized carbons (Fsp3) is 0. The van der Waals surface area contributed by atoms with Gasteiger partial charge in [0.2, 0.25) is 0 Å². The predicted molar refractivity (Wildman–Crippen MR) is 158 cm³/mol. The molecule has 0 saturated carbocycles. The minimum absolute atomic E-state index is 0.824. The van der Waals surface area contributed by atoms with Crippen LogP contribution in [0.25, 0.3) is 43.1 Å². The lowest BCUT2D eigenvalue weighted by atomic mass is 9.89. The molecule has 0 aliphatic carbocycles. The highest BCUT2D eigenvalue weighted by Crippen LogP contribution is 2.53.